The number of rotatable bonds is 3. The Morgan fingerprint density at radius 1 is 0.718 bits per heavy atom. The van der Waals surface area contributed by atoms with Gasteiger partial charge in [-0.05, 0) is 39.6 Å². The smallest absolute Gasteiger partial charge is 0.497 e. The monoisotopic (exact) mass is 603 g/mol. The third-order valence-electron chi connectivity index (χ3n) is 7.07. The number of hydrogen-bond donors (Lipinski definition) is 0. The van der Waals surface area contributed by atoms with Crippen LogP contribution < -0.4 is 4.74 Å². The van der Waals surface area contributed by atoms with Gasteiger partial charge in [0.2, 0.25) is 0 Å². The van der Waals surface area contributed by atoms with Gasteiger partial charge in [0, 0.05) is 35.6 Å². The normalized spacial score (nSPS) is 12.2. The van der Waals surface area contributed by atoms with Crippen molar-refractivity contribution in [3.8, 4) is 22.8 Å². The molecule has 0 amide bonds. The molecule has 198 valence electrons. The van der Waals surface area contributed by atoms with Crippen LogP contribution in [0.1, 0.15) is 52.7 Å². The van der Waals surface area contributed by atoms with Crippen LogP contribution in [-0.2, 0) is 31.3 Å². The van der Waals surface area contributed by atoms with Gasteiger partial charge in [-0.25, -0.2) is 0 Å². The van der Waals surface area contributed by atoms with E-state index in [2.05, 4.69) is 123 Å². The summed E-state index contributed by atoms with van der Waals surface area (Å²) in [7, 11) is 0. The third kappa shape index (κ3) is 5.10. The standard InChI is InChI=1S/C34H31N3O.Pd/c1-33(2,3)23-13-14-35-30(20-23)22-17-24(34(4,5)6)19-26(18-22)38-25-11-12-27-28-9-7-8-10-31(28)37-16-15-36-32(37)29(27)21-25;/h7-17,19-20H,1-6H3;/q-2;+2. The second-order valence-electron chi connectivity index (χ2n) is 11.9. The van der Waals surface area contributed by atoms with Crippen LogP contribution in [0.5, 0.6) is 11.5 Å². The number of fused-ring (bicyclic) bond motifs is 6. The van der Waals surface area contributed by atoms with Gasteiger partial charge in [-0.15, -0.1) is 23.3 Å². The topological polar surface area (TPSA) is 39.4 Å². The van der Waals surface area contributed by atoms with Gasteiger partial charge >= 0.3 is 20.4 Å². The maximum Gasteiger partial charge on any atom is 2.00 e. The van der Waals surface area contributed by atoms with Gasteiger partial charge < -0.3 is 14.1 Å². The summed E-state index contributed by atoms with van der Waals surface area (Å²) in [5.41, 5.74) is 6.14. The summed E-state index contributed by atoms with van der Waals surface area (Å²) in [5, 5.41) is 3.19. The van der Waals surface area contributed by atoms with Crippen molar-refractivity contribution in [3.05, 3.63) is 103 Å². The van der Waals surface area contributed by atoms with Crippen LogP contribution in [0.2, 0.25) is 0 Å². The van der Waals surface area contributed by atoms with Crippen molar-refractivity contribution in [1.82, 2.24) is 14.4 Å². The molecule has 0 aliphatic carbocycles. The average molecular weight is 604 g/mol. The molecule has 0 saturated heterocycles. The van der Waals surface area contributed by atoms with E-state index in [4.69, 9.17) is 4.74 Å². The second kappa shape index (κ2) is 9.90. The van der Waals surface area contributed by atoms with Gasteiger partial charge in [0.25, 0.3) is 0 Å². The maximum atomic E-state index is 6.44. The predicted molar refractivity (Wildman–Crippen MR) is 155 cm³/mol. The third-order valence-corrected chi connectivity index (χ3v) is 7.07. The minimum absolute atomic E-state index is 0. The van der Waals surface area contributed by atoms with Crippen molar-refractivity contribution < 1.29 is 25.2 Å². The summed E-state index contributed by atoms with van der Waals surface area (Å²) in [5.74, 6) is 1.27. The van der Waals surface area contributed by atoms with E-state index in [0.29, 0.717) is 11.5 Å². The zero-order valence-electron chi connectivity index (χ0n) is 23.1. The maximum absolute atomic E-state index is 6.44. The first-order valence-electron chi connectivity index (χ1n) is 13.0. The van der Waals surface area contributed by atoms with Crippen molar-refractivity contribution in [2.24, 2.45) is 0 Å². The summed E-state index contributed by atoms with van der Waals surface area (Å²) in [4.78, 5) is 9.32. The molecule has 0 aliphatic rings. The summed E-state index contributed by atoms with van der Waals surface area (Å²) in [6.07, 6.45) is 5.70. The number of para-hydroxylation sites is 1. The molecule has 0 saturated carbocycles. The van der Waals surface area contributed by atoms with Crippen LogP contribution in [0, 0.1) is 12.1 Å². The molecule has 0 aliphatic heterocycles. The van der Waals surface area contributed by atoms with E-state index in [9.17, 15) is 0 Å². The Hall–Kier alpha value is -3.52. The Labute approximate surface area is 243 Å². The Morgan fingerprint density at radius 2 is 1.49 bits per heavy atom. The van der Waals surface area contributed by atoms with Crippen LogP contribution in [0.15, 0.2) is 79.3 Å². The van der Waals surface area contributed by atoms with E-state index in [1.54, 1.807) is 0 Å². The SMILES string of the molecule is CC(C)(C)c1cc(Oc2[c-]c3c(cc2)c2ccccc2n2ccnc32)[c-]c(-c2cc(C(C)(C)C)ccn2)c1.[Pd+2]. The van der Waals surface area contributed by atoms with Gasteiger partial charge in [-0.2, -0.15) is 0 Å². The molecule has 0 fully saturated rings. The Kier molecular flexibility index (Phi) is 6.87. The second-order valence-corrected chi connectivity index (χ2v) is 11.9. The van der Waals surface area contributed by atoms with E-state index in [-0.39, 0.29) is 31.3 Å². The Bertz CT molecular complexity index is 1820. The first-order valence-corrected chi connectivity index (χ1v) is 13.0. The van der Waals surface area contributed by atoms with E-state index in [1.165, 1.54) is 5.56 Å². The van der Waals surface area contributed by atoms with Crippen molar-refractivity contribution >= 4 is 27.3 Å². The van der Waals surface area contributed by atoms with Gasteiger partial charge in [0.15, 0.2) is 0 Å². The molecule has 39 heavy (non-hydrogen) atoms. The van der Waals surface area contributed by atoms with E-state index >= 15 is 0 Å². The fourth-order valence-electron chi connectivity index (χ4n) is 4.86. The molecule has 0 N–H and O–H groups in total. The molecular weight excluding hydrogens is 573 g/mol. The van der Waals surface area contributed by atoms with Gasteiger partial charge in [-0.3, -0.25) is 4.98 Å². The van der Waals surface area contributed by atoms with Gasteiger partial charge in [0.1, 0.15) is 0 Å². The number of hydrogen-bond acceptors (Lipinski definition) is 3. The number of nitrogens with zero attached hydrogens (tertiary/aromatic N) is 3. The molecule has 3 heterocycles. The van der Waals surface area contributed by atoms with Crippen molar-refractivity contribution in [2.75, 3.05) is 0 Å². The zero-order chi connectivity index (χ0) is 26.7. The van der Waals surface area contributed by atoms with Crippen LogP contribution >= 0.6 is 0 Å². The van der Waals surface area contributed by atoms with E-state index in [1.807, 2.05) is 24.7 Å². The number of benzene rings is 3. The van der Waals surface area contributed by atoms with E-state index < -0.39 is 0 Å². The summed E-state index contributed by atoms with van der Waals surface area (Å²) < 4.78 is 8.55. The molecule has 3 aromatic carbocycles. The molecule has 0 atom stereocenters. The molecule has 4 nitrogen and oxygen atoms in total. The molecule has 0 unspecified atom stereocenters. The van der Waals surface area contributed by atoms with Crippen LogP contribution in [-0.4, -0.2) is 14.4 Å². The summed E-state index contributed by atoms with van der Waals surface area (Å²) in [6.45, 7) is 13.3. The number of pyridine rings is 2. The minimum Gasteiger partial charge on any atom is -0.497 e. The zero-order valence-corrected chi connectivity index (χ0v) is 24.6. The predicted octanol–water partition coefficient (Wildman–Crippen LogP) is 8.69. The Morgan fingerprint density at radius 3 is 2.26 bits per heavy atom. The van der Waals surface area contributed by atoms with Crippen LogP contribution in [0.4, 0.5) is 0 Å². The molecule has 5 heteroatoms. The molecular formula is C34H31N3OPd. The van der Waals surface area contributed by atoms with Gasteiger partial charge in [-0.1, -0.05) is 101 Å². The minimum atomic E-state index is -0.0718. The molecule has 3 aromatic heterocycles. The number of aromatic nitrogens is 3. The molecule has 0 radical (unpaired) electrons. The molecule has 6 aromatic rings. The largest absolute Gasteiger partial charge is 2.00 e. The molecule has 6 rings (SSSR count). The van der Waals surface area contributed by atoms with Crippen LogP contribution in [0.25, 0.3) is 38.6 Å². The molecule has 0 spiro atoms. The fraction of sp³-hybridized carbons (Fsp3) is 0.235. The Balaban J connectivity index is 0.00000308. The van der Waals surface area contributed by atoms with E-state index in [0.717, 1.165) is 44.1 Å². The average Bonchev–Trinajstić information content (AvgIpc) is 3.38. The van der Waals surface area contributed by atoms with Crippen molar-refractivity contribution in [1.29, 1.82) is 0 Å². The fourth-order valence-corrected chi connectivity index (χ4v) is 4.86. The van der Waals surface area contributed by atoms with Crippen molar-refractivity contribution in [2.45, 2.75) is 52.4 Å². The number of imidazole rings is 1. The van der Waals surface area contributed by atoms with Crippen molar-refractivity contribution in [3.63, 3.8) is 0 Å². The quantitative estimate of drug-likeness (QED) is 0.115. The molecule has 0 bridgehead atoms. The first kappa shape index (κ1) is 27.1. The van der Waals surface area contributed by atoms with Gasteiger partial charge in [0.05, 0.1) is 5.65 Å². The first-order chi connectivity index (χ1) is 18.1. The number of ether oxygens (including phenoxy) is 1. The summed E-state index contributed by atoms with van der Waals surface area (Å²) in [6, 6.07) is 27.9. The summed E-state index contributed by atoms with van der Waals surface area (Å²) >= 11 is 0. The van der Waals surface area contributed by atoms with Crippen LogP contribution in [0.3, 0.4) is 0 Å².